The topological polar surface area (TPSA) is 16.4 Å². The number of nitrogens with zero attached hydrogens (tertiary/aromatic N) is 1. The highest BCUT2D eigenvalue weighted by molar-refractivity contribution is 6.19. The summed E-state index contributed by atoms with van der Waals surface area (Å²) in [5.41, 5.74) is 14.4. The van der Waals surface area contributed by atoms with Crippen LogP contribution in [0.15, 0.2) is 229 Å². The molecule has 0 bridgehead atoms. The van der Waals surface area contributed by atoms with Gasteiger partial charge in [0, 0.05) is 33.1 Å². The molecule has 0 aliphatic heterocycles. The maximum atomic E-state index is 6.64. The lowest BCUT2D eigenvalue weighted by molar-refractivity contribution is 0.673. The maximum absolute atomic E-state index is 6.64. The van der Waals surface area contributed by atoms with Crippen LogP contribution in [0.2, 0.25) is 0 Å². The summed E-state index contributed by atoms with van der Waals surface area (Å²) in [7, 11) is 0. The molecular formula is C56H37NO. The van der Waals surface area contributed by atoms with Gasteiger partial charge in [0.15, 0.2) is 0 Å². The minimum atomic E-state index is 0.888. The summed E-state index contributed by atoms with van der Waals surface area (Å²) in [5, 5.41) is 6.98. The van der Waals surface area contributed by atoms with Gasteiger partial charge in [-0.3, -0.25) is 0 Å². The van der Waals surface area contributed by atoms with E-state index in [2.05, 4.69) is 229 Å². The smallest absolute Gasteiger partial charge is 0.143 e. The van der Waals surface area contributed by atoms with Crippen molar-refractivity contribution in [1.29, 1.82) is 0 Å². The molecule has 1 heterocycles. The number of anilines is 3. The fraction of sp³-hybridized carbons (Fsp3) is 0. The Morgan fingerprint density at radius 2 is 0.845 bits per heavy atom. The second kappa shape index (κ2) is 14.1. The third-order valence-corrected chi connectivity index (χ3v) is 11.5. The molecule has 0 aliphatic rings. The van der Waals surface area contributed by atoms with E-state index in [0.29, 0.717) is 0 Å². The average Bonchev–Trinajstić information content (AvgIpc) is 3.70. The molecule has 0 aliphatic carbocycles. The lowest BCUT2D eigenvalue weighted by Gasteiger charge is -2.29. The highest BCUT2D eigenvalue weighted by atomic mass is 16.3. The molecule has 0 saturated heterocycles. The van der Waals surface area contributed by atoms with Crippen molar-refractivity contribution in [3.8, 4) is 44.5 Å². The normalized spacial score (nSPS) is 11.4. The van der Waals surface area contributed by atoms with Crippen molar-refractivity contribution >= 4 is 60.5 Å². The number of rotatable bonds is 7. The van der Waals surface area contributed by atoms with Gasteiger partial charge in [-0.2, -0.15) is 0 Å². The van der Waals surface area contributed by atoms with Crippen LogP contribution in [0.3, 0.4) is 0 Å². The van der Waals surface area contributed by atoms with E-state index < -0.39 is 0 Å². The van der Waals surface area contributed by atoms with Crippen LogP contribution < -0.4 is 4.90 Å². The van der Waals surface area contributed by atoms with Gasteiger partial charge in [-0.1, -0.05) is 170 Å². The van der Waals surface area contributed by atoms with Crippen molar-refractivity contribution < 1.29 is 4.42 Å². The van der Waals surface area contributed by atoms with E-state index >= 15 is 0 Å². The zero-order valence-electron chi connectivity index (χ0n) is 31.7. The summed E-state index contributed by atoms with van der Waals surface area (Å²) in [4.78, 5) is 2.40. The Hall–Kier alpha value is -7.68. The SMILES string of the molecule is c1ccc(-c2ccc(N(c3ccc(-c4ccccc4)cc3)c3ccc(-c4cccc5oc6c7ccccc7ccc6c45)cc3-c3ccc4ccccc4c3)cc2)cc1. The predicted octanol–water partition coefficient (Wildman–Crippen LogP) is 16.0. The van der Waals surface area contributed by atoms with Crippen molar-refractivity contribution in [3.63, 3.8) is 0 Å². The third-order valence-electron chi connectivity index (χ3n) is 11.5. The Bertz CT molecular complexity index is 3170. The molecule has 2 nitrogen and oxygen atoms in total. The molecule has 0 unspecified atom stereocenters. The first kappa shape index (κ1) is 33.6. The van der Waals surface area contributed by atoms with Gasteiger partial charge in [-0.15, -0.1) is 0 Å². The van der Waals surface area contributed by atoms with Gasteiger partial charge in [-0.25, -0.2) is 0 Å². The molecule has 58 heavy (non-hydrogen) atoms. The van der Waals surface area contributed by atoms with E-state index in [1.165, 1.54) is 38.4 Å². The zero-order chi connectivity index (χ0) is 38.4. The Morgan fingerprint density at radius 1 is 0.310 bits per heavy atom. The summed E-state index contributed by atoms with van der Waals surface area (Å²) in [6.07, 6.45) is 0. The highest BCUT2D eigenvalue weighted by Gasteiger charge is 2.21. The number of hydrogen-bond acceptors (Lipinski definition) is 2. The van der Waals surface area contributed by atoms with E-state index in [9.17, 15) is 0 Å². The fourth-order valence-electron chi connectivity index (χ4n) is 8.58. The van der Waals surface area contributed by atoms with Gasteiger partial charge >= 0.3 is 0 Å². The molecule has 0 radical (unpaired) electrons. The van der Waals surface area contributed by atoms with E-state index in [4.69, 9.17) is 4.42 Å². The molecule has 10 aromatic carbocycles. The Morgan fingerprint density at radius 3 is 1.53 bits per heavy atom. The van der Waals surface area contributed by atoms with Crippen LogP contribution in [0.1, 0.15) is 0 Å². The van der Waals surface area contributed by atoms with Gasteiger partial charge in [0.25, 0.3) is 0 Å². The summed E-state index contributed by atoms with van der Waals surface area (Å²) in [5.74, 6) is 0. The first-order valence-electron chi connectivity index (χ1n) is 19.8. The van der Waals surface area contributed by atoms with Crippen molar-refractivity contribution in [2.75, 3.05) is 4.90 Å². The van der Waals surface area contributed by atoms with Crippen LogP contribution in [0, 0.1) is 0 Å². The molecule has 11 aromatic rings. The molecule has 272 valence electrons. The number of fused-ring (bicyclic) bond motifs is 6. The Labute approximate surface area is 337 Å². The van der Waals surface area contributed by atoms with Crippen LogP contribution in [-0.2, 0) is 0 Å². The first-order valence-corrected chi connectivity index (χ1v) is 19.8. The molecule has 0 amide bonds. The van der Waals surface area contributed by atoms with Crippen LogP contribution in [-0.4, -0.2) is 0 Å². The lowest BCUT2D eigenvalue weighted by Crippen LogP contribution is -2.11. The van der Waals surface area contributed by atoms with Crippen molar-refractivity contribution in [3.05, 3.63) is 224 Å². The van der Waals surface area contributed by atoms with Crippen molar-refractivity contribution in [1.82, 2.24) is 0 Å². The molecular weight excluding hydrogens is 703 g/mol. The lowest BCUT2D eigenvalue weighted by atomic mass is 9.92. The number of benzene rings is 10. The second-order valence-electron chi connectivity index (χ2n) is 14.9. The average molecular weight is 740 g/mol. The van der Waals surface area contributed by atoms with Crippen LogP contribution in [0.5, 0.6) is 0 Å². The van der Waals surface area contributed by atoms with Crippen LogP contribution in [0.25, 0.3) is 88.0 Å². The number of hydrogen-bond donors (Lipinski definition) is 0. The van der Waals surface area contributed by atoms with Crippen LogP contribution >= 0.6 is 0 Å². The monoisotopic (exact) mass is 739 g/mol. The van der Waals surface area contributed by atoms with E-state index in [1.54, 1.807) is 0 Å². The summed E-state index contributed by atoms with van der Waals surface area (Å²) in [6, 6.07) is 80.8. The zero-order valence-corrected chi connectivity index (χ0v) is 31.7. The quantitative estimate of drug-likeness (QED) is 0.162. The molecule has 0 atom stereocenters. The van der Waals surface area contributed by atoms with Gasteiger partial charge in [0.1, 0.15) is 11.2 Å². The summed E-state index contributed by atoms with van der Waals surface area (Å²) >= 11 is 0. The molecule has 0 spiro atoms. The van der Waals surface area contributed by atoms with E-state index in [0.717, 1.165) is 66.6 Å². The standard InChI is InChI=1S/C56H37NO/c1-3-12-38(13-4-1)41-24-30-47(31-25-41)57(48-32-26-42(27-33-48)39-14-5-2-6-15-39)53-35-29-46(37-52(53)45-23-22-40-16-7-8-18-44(40)36-45)49-20-11-21-54-55(49)51-34-28-43-17-9-10-19-50(43)56(51)58-54/h1-37H. The molecule has 11 rings (SSSR count). The van der Waals surface area contributed by atoms with E-state index in [1.807, 2.05) is 0 Å². The predicted molar refractivity (Wildman–Crippen MR) is 245 cm³/mol. The van der Waals surface area contributed by atoms with Crippen molar-refractivity contribution in [2.45, 2.75) is 0 Å². The maximum Gasteiger partial charge on any atom is 0.143 e. The second-order valence-corrected chi connectivity index (χ2v) is 14.9. The van der Waals surface area contributed by atoms with Crippen LogP contribution in [0.4, 0.5) is 17.1 Å². The largest absolute Gasteiger partial charge is 0.455 e. The third kappa shape index (κ3) is 5.91. The molecule has 0 fully saturated rings. The molecule has 2 heteroatoms. The summed E-state index contributed by atoms with van der Waals surface area (Å²) in [6.45, 7) is 0. The van der Waals surface area contributed by atoms with Gasteiger partial charge in [-0.05, 0) is 110 Å². The molecule has 0 N–H and O–H groups in total. The van der Waals surface area contributed by atoms with Crippen molar-refractivity contribution in [2.24, 2.45) is 0 Å². The first-order chi connectivity index (χ1) is 28.7. The minimum absolute atomic E-state index is 0.888. The van der Waals surface area contributed by atoms with Gasteiger partial charge in [0.2, 0.25) is 0 Å². The minimum Gasteiger partial charge on any atom is -0.455 e. The number of furan rings is 1. The highest BCUT2D eigenvalue weighted by Crippen LogP contribution is 2.46. The van der Waals surface area contributed by atoms with E-state index in [-0.39, 0.29) is 0 Å². The van der Waals surface area contributed by atoms with Gasteiger partial charge < -0.3 is 9.32 Å². The summed E-state index contributed by atoms with van der Waals surface area (Å²) < 4.78 is 6.64. The molecule has 0 saturated carbocycles. The fourth-order valence-corrected chi connectivity index (χ4v) is 8.58. The van der Waals surface area contributed by atoms with Gasteiger partial charge in [0.05, 0.1) is 5.69 Å². The Balaban J connectivity index is 1.13. The molecule has 1 aromatic heterocycles. The Kier molecular flexibility index (Phi) is 8.19.